The van der Waals surface area contributed by atoms with Gasteiger partial charge in [0.05, 0.1) is 5.69 Å². The zero-order chi connectivity index (χ0) is 13.9. The van der Waals surface area contributed by atoms with Gasteiger partial charge < -0.3 is 9.47 Å². The maximum absolute atomic E-state index is 4.87. The van der Waals surface area contributed by atoms with Gasteiger partial charge in [-0.1, -0.05) is 30.3 Å². The van der Waals surface area contributed by atoms with Crippen molar-refractivity contribution in [2.45, 2.75) is 5.37 Å². The van der Waals surface area contributed by atoms with Gasteiger partial charge in [-0.15, -0.1) is 23.1 Å². The Bertz CT molecular complexity index is 670. The van der Waals surface area contributed by atoms with E-state index in [9.17, 15) is 0 Å². The maximum atomic E-state index is 4.87. The number of thiazole rings is 1. The van der Waals surface area contributed by atoms with Crippen molar-refractivity contribution < 1.29 is 0 Å². The van der Waals surface area contributed by atoms with Crippen LogP contribution in [0.1, 0.15) is 0 Å². The average molecular weight is 303 g/mol. The van der Waals surface area contributed by atoms with Gasteiger partial charge in [-0.05, 0) is 11.0 Å². The first-order chi connectivity index (χ1) is 9.74. The molecule has 1 atom stereocenters. The lowest BCUT2D eigenvalue weighted by atomic mass is 10.2. The molecule has 0 fully saturated rings. The zero-order valence-electron chi connectivity index (χ0n) is 11.6. The molecule has 5 heteroatoms. The fourth-order valence-corrected chi connectivity index (χ4v) is 4.10. The summed E-state index contributed by atoms with van der Waals surface area (Å²) in [4.78, 5) is 8.12. The summed E-state index contributed by atoms with van der Waals surface area (Å²) in [5.74, 6) is 0. The van der Waals surface area contributed by atoms with Gasteiger partial charge in [-0.3, -0.25) is 0 Å². The highest BCUT2D eigenvalue weighted by Crippen LogP contribution is 2.21. The number of thioether (sulfide) groups is 1. The normalized spacial score (nSPS) is 19.6. The summed E-state index contributed by atoms with van der Waals surface area (Å²) in [5, 5.41) is 4.57. The van der Waals surface area contributed by atoms with Crippen LogP contribution >= 0.6 is 23.1 Å². The van der Waals surface area contributed by atoms with Gasteiger partial charge in [0.15, 0.2) is 4.80 Å². The molecule has 104 valence electrons. The van der Waals surface area contributed by atoms with Crippen LogP contribution in [0.3, 0.4) is 0 Å². The summed E-state index contributed by atoms with van der Waals surface area (Å²) in [7, 11) is 4.17. The molecule has 1 unspecified atom stereocenters. The standard InChI is InChI=1S/C15H17N3S2/c1-17-8-9-19-14(10-17)16-15-18(2)13(11-20-15)12-6-4-3-5-7-12/h3-9,11,14H,10H2,1-2H3/b16-15-. The van der Waals surface area contributed by atoms with Crippen LogP contribution in [0.25, 0.3) is 11.3 Å². The highest BCUT2D eigenvalue weighted by atomic mass is 32.2. The van der Waals surface area contributed by atoms with E-state index in [1.807, 2.05) is 6.07 Å². The molecule has 1 aromatic carbocycles. The van der Waals surface area contributed by atoms with Crippen molar-refractivity contribution in [1.29, 1.82) is 0 Å². The number of likely N-dealkylation sites (N-methyl/N-ethyl adjacent to an activating group) is 1. The number of nitrogens with zero attached hydrogens (tertiary/aromatic N) is 3. The van der Waals surface area contributed by atoms with Crippen molar-refractivity contribution in [3.8, 4) is 11.3 Å². The molecule has 0 bridgehead atoms. The lowest BCUT2D eigenvalue weighted by Crippen LogP contribution is -2.26. The van der Waals surface area contributed by atoms with Gasteiger partial charge in [0, 0.05) is 32.2 Å². The van der Waals surface area contributed by atoms with E-state index in [4.69, 9.17) is 4.99 Å². The summed E-state index contributed by atoms with van der Waals surface area (Å²) in [6.45, 7) is 0.958. The number of hydrogen-bond donors (Lipinski definition) is 0. The third-order valence-corrected chi connectivity index (χ3v) is 5.02. The van der Waals surface area contributed by atoms with Gasteiger partial charge in [-0.2, -0.15) is 0 Å². The van der Waals surface area contributed by atoms with Gasteiger partial charge in [-0.25, -0.2) is 4.99 Å². The maximum Gasteiger partial charge on any atom is 0.186 e. The van der Waals surface area contributed by atoms with E-state index in [0.717, 1.165) is 11.3 Å². The van der Waals surface area contributed by atoms with Gasteiger partial charge >= 0.3 is 0 Å². The Morgan fingerprint density at radius 2 is 2.00 bits per heavy atom. The van der Waals surface area contributed by atoms with Crippen LogP contribution in [0.4, 0.5) is 0 Å². The van der Waals surface area contributed by atoms with E-state index >= 15 is 0 Å². The first kappa shape index (κ1) is 13.5. The summed E-state index contributed by atoms with van der Waals surface area (Å²) in [6, 6.07) is 10.5. The second-order valence-corrected chi connectivity index (χ2v) is 6.70. The van der Waals surface area contributed by atoms with Crippen molar-refractivity contribution in [2.75, 3.05) is 13.6 Å². The Labute approximate surface area is 127 Å². The van der Waals surface area contributed by atoms with Crippen LogP contribution in [0, 0.1) is 0 Å². The minimum absolute atomic E-state index is 0.276. The highest BCUT2D eigenvalue weighted by Gasteiger charge is 2.13. The van der Waals surface area contributed by atoms with Crippen molar-refractivity contribution in [3.05, 3.63) is 52.1 Å². The van der Waals surface area contributed by atoms with Crippen LogP contribution in [-0.4, -0.2) is 28.4 Å². The van der Waals surface area contributed by atoms with Gasteiger partial charge in [0.2, 0.25) is 0 Å². The molecule has 0 spiro atoms. The van der Waals surface area contributed by atoms with E-state index in [1.54, 1.807) is 23.1 Å². The Balaban J connectivity index is 1.93. The SMILES string of the molecule is CN1C=CSC(/N=c2\scc(-c3ccccc3)n2C)C1. The zero-order valence-corrected chi connectivity index (χ0v) is 13.2. The third kappa shape index (κ3) is 2.83. The fourth-order valence-electron chi connectivity index (χ4n) is 2.13. The molecule has 0 saturated carbocycles. The minimum Gasteiger partial charge on any atom is -0.377 e. The summed E-state index contributed by atoms with van der Waals surface area (Å²) < 4.78 is 2.18. The molecule has 1 aromatic heterocycles. The largest absolute Gasteiger partial charge is 0.377 e. The predicted molar refractivity (Wildman–Crippen MR) is 87.4 cm³/mol. The molecule has 0 aliphatic carbocycles. The van der Waals surface area contributed by atoms with E-state index in [1.165, 1.54) is 11.3 Å². The molecule has 1 aliphatic rings. The van der Waals surface area contributed by atoms with E-state index in [0.29, 0.717) is 0 Å². The van der Waals surface area contributed by atoms with Gasteiger partial charge in [0.25, 0.3) is 0 Å². The molecule has 2 heterocycles. The molecule has 0 radical (unpaired) electrons. The average Bonchev–Trinajstić information content (AvgIpc) is 2.81. The smallest absolute Gasteiger partial charge is 0.186 e. The molecule has 20 heavy (non-hydrogen) atoms. The van der Waals surface area contributed by atoms with Crippen molar-refractivity contribution in [3.63, 3.8) is 0 Å². The monoisotopic (exact) mass is 303 g/mol. The van der Waals surface area contributed by atoms with Crippen LogP contribution in [-0.2, 0) is 7.05 Å². The molecule has 0 amide bonds. The second kappa shape index (κ2) is 5.89. The summed E-state index contributed by atoms with van der Waals surface area (Å²) >= 11 is 3.49. The number of rotatable bonds is 2. The Morgan fingerprint density at radius 3 is 2.75 bits per heavy atom. The Hall–Kier alpha value is -1.46. The minimum atomic E-state index is 0.276. The lowest BCUT2D eigenvalue weighted by Gasteiger charge is -2.22. The van der Waals surface area contributed by atoms with Crippen molar-refractivity contribution in [1.82, 2.24) is 9.47 Å². The lowest BCUT2D eigenvalue weighted by molar-refractivity contribution is 0.449. The highest BCUT2D eigenvalue weighted by molar-refractivity contribution is 8.02. The van der Waals surface area contributed by atoms with Crippen LogP contribution < -0.4 is 4.80 Å². The summed E-state index contributed by atoms with van der Waals surface area (Å²) in [5.41, 5.74) is 2.46. The summed E-state index contributed by atoms with van der Waals surface area (Å²) in [6.07, 6.45) is 2.10. The van der Waals surface area contributed by atoms with Crippen LogP contribution in [0.15, 0.2) is 52.3 Å². The molecule has 3 rings (SSSR count). The molecule has 0 N–H and O–H groups in total. The van der Waals surface area contributed by atoms with E-state index in [2.05, 4.69) is 64.8 Å². The third-order valence-electron chi connectivity index (χ3n) is 3.24. The van der Waals surface area contributed by atoms with E-state index < -0.39 is 0 Å². The topological polar surface area (TPSA) is 20.5 Å². The second-order valence-electron chi connectivity index (χ2n) is 4.77. The number of aromatic nitrogens is 1. The predicted octanol–water partition coefficient (Wildman–Crippen LogP) is 3.13. The molecule has 1 aliphatic heterocycles. The van der Waals surface area contributed by atoms with Crippen molar-refractivity contribution in [2.24, 2.45) is 12.0 Å². The first-order valence-corrected chi connectivity index (χ1v) is 8.32. The molecule has 3 nitrogen and oxygen atoms in total. The number of benzene rings is 1. The molecular formula is C15H17N3S2. The number of hydrogen-bond acceptors (Lipinski definition) is 4. The fraction of sp³-hybridized carbons (Fsp3) is 0.267. The van der Waals surface area contributed by atoms with Crippen LogP contribution in [0.2, 0.25) is 0 Å². The Morgan fingerprint density at radius 1 is 1.20 bits per heavy atom. The first-order valence-electron chi connectivity index (χ1n) is 6.50. The quantitative estimate of drug-likeness (QED) is 0.849. The molecular weight excluding hydrogens is 286 g/mol. The van der Waals surface area contributed by atoms with Crippen LogP contribution in [0.5, 0.6) is 0 Å². The van der Waals surface area contributed by atoms with Gasteiger partial charge in [0.1, 0.15) is 5.37 Å². The van der Waals surface area contributed by atoms with Crippen molar-refractivity contribution >= 4 is 23.1 Å². The molecule has 2 aromatic rings. The Kier molecular flexibility index (Phi) is 3.98. The molecule has 0 saturated heterocycles. The van der Waals surface area contributed by atoms with E-state index in [-0.39, 0.29) is 5.37 Å².